The minimum absolute atomic E-state index is 0.278. The van der Waals surface area contributed by atoms with E-state index in [0.29, 0.717) is 27.6 Å². The number of hydrogen-bond donors (Lipinski definition) is 3. The van der Waals surface area contributed by atoms with Crippen LogP contribution in [0.25, 0.3) is 18.5 Å². The van der Waals surface area contributed by atoms with E-state index in [1.165, 1.54) is 18.0 Å². The molecule has 0 spiro atoms. The lowest BCUT2D eigenvalue weighted by Gasteiger charge is -2.08. The molecule has 2 aromatic carbocycles. The van der Waals surface area contributed by atoms with Crippen molar-refractivity contribution in [1.82, 2.24) is 20.6 Å². The van der Waals surface area contributed by atoms with E-state index in [4.69, 9.17) is 4.74 Å². The zero-order chi connectivity index (χ0) is 18.5. The molecule has 7 nitrogen and oxygen atoms in total. The maximum Gasteiger partial charge on any atom is 0.280 e. The number of aromatic amines is 1. The summed E-state index contributed by atoms with van der Waals surface area (Å²) in [4.78, 5) is 24.8. The molecule has 1 heterocycles. The van der Waals surface area contributed by atoms with Crippen LogP contribution in [0.1, 0.15) is 10.4 Å². The summed E-state index contributed by atoms with van der Waals surface area (Å²) < 4.78 is 6.54. The SMILES string of the molecule is C=c1[nH]n(-c2ccccc2)c(=O)/c1=C\NNC(=O)c1ccccc1OC. The Hall–Kier alpha value is -3.74. The lowest BCUT2D eigenvalue weighted by Crippen LogP contribution is -2.41. The highest BCUT2D eigenvalue weighted by Crippen LogP contribution is 2.16. The second-order valence-electron chi connectivity index (χ2n) is 5.42. The highest BCUT2D eigenvalue weighted by molar-refractivity contribution is 5.96. The van der Waals surface area contributed by atoms with Gasteiger partial charge in [0.2, 0.25) is 0 Å². The van der Waals surface area contributed by atoms with Crippen molar-refractivity contribution in [3.8, 4) is 11.4 Å². The lowest BCUT2D eigenvalue weighted by molar-refractivity contribution is 0.0940. The zero-order valence-electron chi connectivity index (χ0n) is 14.2. The average Bonchev–Trinajstić information content (AvgIpc) is 2.96. The third-order valence-electron chi connectivity index (χ3n) is 3.77. The normalized spacial score (nSPS) is 11.2. The standard InChI is InChI=1S/C19H18N4O3/c1-13-16(19(25)23(22-13)14-8-4-3-5-9-14)12-20-21-18(24)15-10-6-7-11-17(15)26-2/h3-12,20,22H,1H2,2H3,(H,21,24)/b16-12-. The molecule has 132 valence electrons. The minimum atomic E-state index is -0.386. The highest BCUT2D eigenvalue weighted by Gasteiger charge is 2.10. The number of carbonyl (C=O) groups is 1. The molecular weight excluding hydrogens is 332 g/mol. The van der Waals surface area contributed by atoms with E-state index in [-0.39, 0.29) is 11.5 Å². The Kier molecular flexibility index (Phi) is 4.89. The van der Waals surface area contributed by atoms with Crippen molar-refractivity contribution < 1.29 is 9.53 Å². The van der Waals surface area contributed by atoms with Crippen molar-refractivity contribution >= 4 is 18.7 Å². The van der Waals surface area contributed by atoms with Gasteiger partial charge >= 0.3 is 0 Å². The number of hydrogen-bond acceptors (Lipinski definition) is 4. The zero-order valence-corrected chi connectivity index (χ0v) is 14.2. The summed E-state index contributed by atoms with van der Waals surface area (Å²) in [6, 6.07) is 16.0. The van der Waals surface area contributed by atoms with Gasteiger partial charge in [-0.3, -0.25) is 20.1 Å². The van der Waals surface area contributed by atoms with Crippen LogP contribution in [0.2, 0.25) is 0 Å². The van der Waals surface area contributed by atoms with E-state index < -0.39 is 0 Å². The first-order chi connectivity index (χ1) is 12.6. The number of nitrogens with one attached hydrogen (secondary N) is 3. The van der Waals surface area contributed by atoms with Crippen LogP contribution in [0.4, 0.5) is 0 Å². The van der Waals surface area contributed by atoms with E-state index in [2.05, 4.69) is 22.5 Å². The Morgan fingerprint density at radius 3 is 2.58 bits per heavy atom. The van der Waals surface area contributed by atoms with Gasteiger partial charge < -0.3 is 10.2 Å². The molecule has 26 heavy (non-hydrogen) atoms. The van der Waals surface area contributed by atoms with Gasteiger partial charge in [0.1, 0.15) is 5.75 Å². The Bertz CT molecular complexity index is 1080. The first-order valence-corrected chi connectivity index (χ1v) is 7.86. The number of nitrogens with zero attached hydrogens (tertiary/aromatic N) is 1. The van der Waals surface area contributed by atoms with E-state index in [1.54, 1.807) is 36.4 Å². The quantitative estimate of drug-likeness (QED) is 0.576. The van der Waals surface area contributed by atoms with E-state index >= 15 is 0 Å². The summed E-state index contributed by atoms with van der Waals surface area (Å²) in [6.07, 6.45) is 1.40. The number of carbonyl (C=O) groups excluding carboxylic acids is 1. The molecule has 3 N–H and O–H groups in total. The molecule has 0 aliphatic carbocycles. The molecule has 0 saturated heterocycles. The maximum absolute atomic E-state index is 12.5. The van der Waals surface area contributed by atoms with Gasteiger partial charge in [-0.05, 0) is 24.3 Å². The fraction of sp³-hybridized carbons (Fsp3) is 0.0526. The smallest absolute Gasteiger partial charge is 0.280 e. The molecule has 0 saturated carbocycles. The third-order valence-corrected chi connectivity index (χ3v) is 3.77. The first kappa shape index (κ1) is 17.1. The molecule has 0 unspecified atom stereocenters. The topological polar surface area (TPSA) is 88.2 Å². The summed E-state index contributed by atoms with van der Waals surface area (Å²) in [5.41, 5.74) is 5.95. The van der Waals surface area contributed by atoms with Crippen LogP contribution < -0.4 is 31.7 Å². The van der Waals surface area contributed by atoms with Crippen molar-refractivity contribution in [2.75, 3.05) is 7.11 Å². The number of rotatable bonds is 5. The van der Waals surface area contributed by atoms with E-state index in [9.17, 15) is 9.59 Å². The largest absolute Gasteiger partial charge is 0.496 e. The molecule has 3 aromatic rings. The van der Waals surface area contributed by atoms with Gasteiger partial charge in [0, 0.05) is 6.20 Å². The van der Waals surface area contributed by atoms with Crippen molar-refractivity contribution in [3.05, 3.63) is 81.1 Å². The van der Waals surface area contributed by atoms with Gasteiger partial charge in [0.25, 0.3) is 11.5 Å². The molecule has 0 fully saturated rings. The maximum atomic E-state index is 12.5. The van der Waals surface area contributed by atoms with Crippen LogP contribution in [-0.4, -0.2) is 22.8 Å². The van der Waals surface area contributed by atoms with Crippen molar-refractivity contribution in [2.45, 2.75) is 0 Å². The average molecular weight is 350 g/mol. The summed E-state index contributed by atoms with van der Waals surface area (Å²) in [5.74, 6) is 0.0703. The van der Waals surface area contributed by atoms with E-state index in [0.717, 1.165) is 0 Å². The molecule has 0 atom stereocenters. The summed E-state index contributed by atoms with van der Waals surface area (Å²) in [7, 11) is 1.49. The molecule has 3 rings (SSSR count). The Morgan fingerprint density at radius 1 is 1.15 bits per heavy atom. The predicted molar refractivity (Wildman–Crippen MR) is 99.2 cm³/mol. The van der Waals surface area contributed by atoms with Crippen LogP contribution >= 0.6 is 0 Å². The molecule has 0 bridgehead atoms. The molecule has 1 amide bonds. The molecular formula is C19H18N4O3. The Labute approximate surface area is 149 Å². The van der Waals surface area contributed by atoms with Crippen LogP contribution in [0, 0.1) is 0 Å². The van der Waals surface area contributed by atoms with Gasteiger partial charge in [-0.2, -0.15) is 0 Å². The number of benzene rings is 2. The molecule has 0 aliphatic rings. The predicted octanol–water partition coefficient (Wildman–Crippen LogP) is 0.257. The van der Waals surface area contributed by atoms with Crippen LogP contribution in [0.15, 0.2) is 59.4 Å². The Balaban J connectivity index is 1.82. The molecule has 0 aliphatic heterocycles. The van der Waals surface area contributed by atoms with Crippen molar-refractivity contribution in [1.29, 1.82) is 0 Å². The van der Waals surface area contributed by atoms with Crippen molar-refractivity contribution in [2.24, 2.45) is 0 Å². The second kappa shape index (κ2) is 7.43. The number of methoxy groups -OCH3 is 1. The number of aromatic nitrogens is 2. The summed E-state index contributed by atoms with van der Waals surface area (Å²) in [5, 5.41) is 3.65. The fourth-order valence-corrected chi connectivity index (χ4v) is 2.48. The fourth-order valence-electron chi connectivity index (χ4n) is 2.48. The number of amides is 1. The van der Waals surface area contributed by atoms with Gasteiger partial charge in [-0.1, -0.05) is 36.9 Å². The van der Waals surface area contributed by atoms with Gasteiger partial charge in [0.15, 0.2) is 0 Å². The highest BCUT2D eigenvalue weighted by atomic mass is 16.5. The summed E-state index contributed by atoms with van der Waals surface area (Å²) in [6.45, 7) is 3.83. The third kappa shape index (κ3) is 3.36. The monoisotopic (exact) mass is 350 g/mol. The number of H-pyrrole nitrogens is 1. The summed E-state index contributed by atoms with van der Waals surface area (Å²) >= 11 is 0. The van der Waals surface area contributed by atoms with Gasteiger partial charge in [0.05, 0.1) is 28.9 Å². The van der Waals surface area contributed by atoms with Crippen LogP contribution in [0.3, 0.4) is 0 Å². The van der Waals surface area contributed by atoms with E-state index in [1.807, 2.05) is 18.2 Å². The van der Waals surface area contributed by atoms with Gasteiger partial charge in [-0.15, -0.1) is 0 Å². The Morgan fingerprint density at radius 2 is 1.85 bits per heavy atom. The molecule has 1 aromatic heterocycles. The van der Waals surface area contributed by atoms with Gasteiger partial charge in [-0.25, -0.2) is 4.68 Å². The second-order valence-corrected chi connectivity index (χ2v) is 5.42. The van der Waals surface area contributed by atoms with Crippen LogP contribution in [0.5, 0.6) is 5.75 Å². The molecule has 7 heteroatoms. The lowest BCUT2D eigenvalue weighted by atomic mass is 10.2. The van der Waals surface area contributed by atoms with Crippen LogP contribution in [-0.2, 0) is 0 Å². The first-order valence-electron chi connectivity index (χ1n) is 7.86. The number of para-hydroxylation sites is 2. The molecule has 0 radical (unpaired) electrons. The number of ether oxygens (including phenoxy) is 1. The van der Waals surface area contributed by atoms with Crippen molar-refractivity contribution in [3.63, 3.8) is 0 Å². The minimum Gasteiger partial charge on any atom is -0.496 e. The number of hydrazine groups is 1.